The first kappa shape index (κ1) is 23.4. The smallest absolute Gasteiger partial charge is 0.251 e. The number of carbonyl (C=O) groups excluding carboxylic acids is 3. The van der Waals surface area contributed by atoms with Gasteiger partial charge in [0, 0.05) is 58.6 Å². The van der Waals surface area contributed by atoms with Crippen molar-refractivity contribution in [2.24, 2.45) is 11.8 Å². The molecule has 0 aromatic rings. The van der Waals surface area contributed by atoms with Gasteiger partial charge >= 0.3 is 0 Å². The molecule has 2 rings (SSSR count). The summed E-state index contributed by atoms with van der Waals surface area (Å²) in [6.07, 6.45) is 7.22. The average Bonchev–Trinajstić information content (AvgIpc) is 2.71. The lowest BCUT2D eigenvalue weighted by molar-refractivity contribution is -0.138. The Morgan fingerprint density at radius 2 is 1.90 bits per heavy atom. The molecule has 2 aliphatic rings. The van der Waals surface area contributed by atoms with E-state index in [1.807, 2.05) is 6.92 Å². The van der Waals surface area contributed by atoms with Gasteiger partial charge in [-0.1, -0.05) is 19.3 Å². The number of ether oxygens (including phenoxy) is 1. The third-order valence-electron chi connectivity index (χ3n) is 6.05. The molecule has 1 heterocycles. The van der Waals surface area contributed by atoms with Gasteiger partial charge in [0.1, 0.15) is 0 Å². The highest BCUT2D eigenvalue weighted by Crippen LogP contribution is 2.31. The quantitative estimate of drug-likeness (QED) is 0.595. The largest absolute Gasteiger partial charge is 0.385 e. The summed E-state index contributed by atoms with van der Waals surface area (Å²) >= 11 is 0. The Kier molecular flexibility index (Phi) is 9.14. The molecule has 1 atom stereocenters. The number of methoxy groups -OCH3 is 1. The van der Waals surface area contributed by atoms with Crippen LogP contribution in [0.2, 0.25) is 0 Å². The Morgan fingerprint density at radius 3 is 2.52 bits per heavy atom. The van der Waals surface area contributed by atoms with Crippen molar-refractivity contribution in [3.63, 3.8) is 0 Å². The standard InChI is InChI=1S/C22H37N3O4/c1-16-19(22(28)24(2)3)13-18(21(27)25(16)11-8-12-29-4)14-20(26)23-15-17-9-6-5-7-10-17/h17-18H,5-15H2,1-4H3,(H,23,26). The van der Waals surface area contributed by atoms with E-state index in [1.165, 1.54) is 37.0 Å². The normalized spacial score (nSPS) is 20.8. The number of nitrogens with one attached hydrogen (secondary N) is 1. The summed E-state index contributed by atoms with van der Waals surface area (Å²) in [4.78, 5) is 41.5. The lowest BCUT2D eigenvalue weighted by Crippen LogP contribution is -2.44. The van der Waals surface area contributed by atoms with Crippen LogP contribution < -0.4 is 5.32 Å². The van der Waals surface area contributed by atoms with E-state index in [9.17, 15) is 14.4 Å². The van der Waals surface area contributed by atoms with Crippen LogP contribution in [0.1, 0.15) is 58.3 Å². The van der Waals surface area contributed by atoms with Crippen LogP contribution in [0.3, 0.4) is 0 Å². The summed E-state index contributed by atoms with van der Waals surface area (Å²) < 4.78 is 5.10. The van der Waals surface area contributed by atoms with E-state index in [0.717, 1.165) is 0 Å². The molecular weight excluding hydrogens is 370 g/mol. The predicted octanol–water partition coefficient (Wildman–Crippen LogP) is 2.32. The van der Waals surface area contributed by atoms with E-state index in [4.69, 9.17) is 4.74 Å². The molecule has 0 radical (unpaired) electrons. The first-order valence-electron chi connectivity index (χ1n) is 10.8. The van der Waals surface area contributed by atoms with Crippen molar-refractivity contribution in [1.29, 1.82) is 0 Å². The minimum Gasteiger partial charge on any atom is -0.385 e. The van der Waals surface area contributed by atoms with Crippen molar-refractivity contribution >= 4 is 17.7 Å². The maximum atomic E-state index is 13.1. The summed E-state index contributed by atoms with van der Waals surface area (Å²) in [5.41, 5.74) is 1.32. The fourth-order valence-corrected chi connectivity index (χ4v) is 4.29. The number of hydrogen-bond acceptors (Lipinski definition) is 4. The fourth-order valence-electron chi connectivity index (χ4n) is 4.29. The van der Waals surface area contributed by atoms with E-state index in [1.54, 1.807) is 26.1 Å². The molecule has 164 valence electrons. The second kappa shape index (κ2) is 11.3. The van der Waals surface area contributed by atoms with Crippen LogP contribution >= 0.6 is 0 Å². The first-order chi connectivity index (χ1) is 13.8. The van der Waals surface area contributed by atoms with E-state index < -0.39 is 5.92 Å². The van der Waals surface area contributed by atoms with Crippen molar-refractivity contribution in [2.75, 3.05) is 40.9 Å². The molecule has 0 aromatic carbocycles. The molecule has 3 amide bonds. The number of allylic oxidation sites excluding steroid dienone is 1. The third-order valence-corrected chi connectivity index (χ3v) is 6.05. The van der Waals surface area contributed by atoms with Gasteiger partial charge < -0.3 is 19.9 Å². The molecule has 0 saturated heterocycles. The number of nitrogens with zero attached hydrogens (tertiary/aromatic N) is 2. The fraction of sp³-hybridized carbons (Fsp3) is 0.773. The van der Waals surface area contributed by atoms with Crippen LogP contribution in [-0.4, -0.2) is 68.4 Å². The van der Waals surface area contributed by atoms with Gasteiger partial charge in [-0.05, 0) is 38.5 Å². The van der Waals surface area contributed by atoms with E-state index in [0.29, 0.717) is 49.7 Å². The summed E-state index contributed by atoms with van der Waals surface area (Å²) in [6, 6.07) is 0. The second-order valence-electron chi connectivity index (χ2n) is 8.51. The van der Waals surface area contributed by atoms with Gasteiger partial charge in [0.15, 0.2) is 0 Å². The topological polar surface area (TPSA) is 79.0 Å². The molecule has 1 unspecified atom stereocenters. The van der Waals surface area contributed by atoms with Crippen LogP contribution in [-0.2, 0) is 19.1 Å². The van der Waals surface area contributed by atoms with Crippen LogP contribution in [0.4, 0.5) is 0 Å². The average molecular weight is 408 g/mol. The summed E-state index contributed by atoms with van der Waals surface area (Å²) in [6.45, 7) is 3.54. The van der Waals surface area contributed by atoms with Crippen molar-refractivity contribution in [1.82, 2.24) is 15.1 Å². The van der Waals surface area contributed by atoms with Crippen molar-refractivity contribution in [2.45, 2.75) is 58.3 Å². The first-order valence-corrected chi connectivity index (χ1v) is 10.8. The summed E-state index contributed by atoms with van der Waals surface area (Å²) in [5.74, 6) is -0.206. The lowest BCUT2D eigenvalue weighted by atomic mass is 9.87. The Morgan fingerprint density at radius 1 is 1.21 bits per heavy atom. The number of carbonyl (C=O) groups is 3. The van der Waals surface area contributed by atoms with Crippen molar-refractivity contribution in [3.05, 3.63) is 11.3 Å². The molecule has 1 N–H and O–H groups in total. The molecule has 0 spiro atoms. The van der Waals surface area contributed by atoms with Gasteiger partial charge in [0.25, 0.3) is 5.91 Å². The minimum absolute atomic E-state index is 0.0678. The Labute approximate surface area is 174 Å². The zero-order valence-electron chi connectivity index (χ0n) is 18.5. The Hall–Kier alpha value is -1.89. The highest BCUT2D eigenvalue weighted by atomic mass is 16.5. The number of likely N-dealkylation sites (N-methyl/N-ethyl adjacent to an activating group) is 1. The zero-order chi connectivity index (χ0) is 21.4. The monoisotopic (exact) mass is 407 g/mol. The van der Waals surface area contributed by atoms with Gasteiger partial charge in [-0.15, -0.1) is 0 Å². The lowest BCUT2D eigenvalue weighted by Gasteiger charge is -2.35. The van der Waals surface area contributed by atoms with Crippen molar-refractivity contribution in [3.8, 4) is 0 Å². The molecule has 7 heteroatoms. The Bertz CT molecular complexity index is 624. The van der Waals surface area contributed by atoms with Gasteiger partial charge in [-0.3, -0.25) is 14.4 Å². The molecule has 0 aromatic heterocycles. The van der Waals surface area contributed by atoms with Crippen LogP contribution in [0, 0.1) is 11.8 Å². The molecule has 29 heavy (non-hydrogen) atoms. The maximum Gasteiger partial charge on any atom is 0.251 e. The van der Waals surface area contributed by atoms with E-state index >= 15 is 0 Å². The molecule has 1 fully saturated rings. The highest BCUT2D eigenvalue weighted by molar-refractivity contribution is 5.98. The minimum atomic E-state index is -0.494. The summed E-state index contributed by atoms with van der Waals surface area (Å²) in [5, 5.41) is 3.02. The highest BCUT2D eigenvalue weighted by Gasteiger charge is 2.36. The molecule has 7 nitrogen and oxygen atoms in total. The molecule has 1 aliphatic carbocycles. The van der Waals surface area contributed by atoms with Crippen LogP contribution in [0.5, 0.6) is 0 Å². The van der Waals surface area contributed by atoms with Gasteiger partial charge in [-0.2, -0.15) is 0 Å². The molecular formula is C22H37N3O4. The molecule has 1 aliphatic heterocycles. The maximum absolute atomic E-state index is 13.1. The number of hydrogen-bond donors (Lipinski definition) is 1. The molecule has 1 saturated carbocycles. The van der Waals surface area contributed by atoms with Crippen molar-refractivity contribution < 1.29 is 19.1 Å². The molecule has 0 bridgehead atoms. The Balaban J connectivity index is 2.04. The summed E-state index contributed by atoms with van der Waals surface area (Å²) in [7, 11) is 5.04. The third kappa shape index (κ3) is 6.56. The SMILES string of the molecule is COCCCN1C(=O)C(CC(=O)NCC2CCCCC2)CC(C(=O)N(C)C)=C1C. The van der Waals surface area contributed by atoms with Gasteiger partial charge in [0.2, 0.25) is 11.8 Å². The van der Waals surface area contributed by atoms with Gasteiger partial charge in [0.05, 0.1) is 5.92 Å². The predicted molar refractivity (Wildman–Crippen MR) is 112 cm³/mol. The van der Waals surface area contributed by atoms with Gasteiger partial charge in [-0.25, -0.2) is 0 Å². The zero-order valence-corrected chi connectivity index (χ0v) is 18.5. The second-order valence-corrected chi connectivity index (χ2v) is 8.51. The van der Waals surface area contributed by atoms with E-state index in [-0.39, 0.29) is 24.1 Å². The van der Waals surface area contributed by atoms with E-state index in [2.05, 4.69) is 5.32 Å². The number of rotatable bonds is 9. The van der Waals surface area contributed by atoms with Crippen LogP contribution in [0.15, 0.2) is 11.3 Å². The number of amides is 3. The van der Waals surface area contributed by atoms with Crippen LogP contribution in [0.25, 0.3) is 0 Å².